The van der Waals surface area contributed by atoms with E-state index in [2.05, 4.69) is 9.71 Å². The van der Waals surface area contributed by atoms with E-state index in [1.807, 2.05) is 13.8 Å². The fraction of sp³-hybridized carbons (Fsp3) is 0.211. The molecule has 3 aromatic rings. The SMILES string of the molecule is Cc1ccc(S(=O)(=O)N[C@H](c2ccc(F)cc2)c2nccn2C)cc1C. The number of aromatic nitrogens is 2. The van der Waals surface area contributed by atoms with Gasteiger partial charge in [-0.2, -0.15) is 4.72 Å². The minimum absolute atomic E-state index is 0.182. The summed E-state index contributed by atoms with van der Waals surface area (Å²) >= 11 is 0. The van der Waals surface area contributed by atoms with Crippen molar-refractivity contribution in [2.24, 2.45) is 7.05 Å². The molecule has 2 aromatic carbocycles. The van der Waals surface area contributed by atoms with Gasteiger partial charge in [-0.25, -0.2) is 17.8 Å². The lowest BCUT2D eigenvalue weighted by molar-refractivity contribution is 0.562. The Morgan fingerprint density at radius 2 is 1.77 bits per heavy atom. The Hall–Kier alpha value is -2.51. The maximum absolute atomic E-state index is 13.3. The van der Waals surface area contributed by atoms with Crippen molar-refractivity contribution >= 4 is 10.0 Å². The van der Waals surface area contributed by atoms with E-state index < -0.39 is 16.1 Å². The van der Waals surface area contributed by atoms with Crippen molar-refractivity contribution in [2.45, 2.75) is 24.8 Å². The molecule has 0 bridgehead atoms. The predicted octanol–water partition coefficient (Wildman–Crippen LogP) is 3.24. The highest BCUT2D eigenvalue weighted by Gasteiger charge is 2.26. The molecule has 0 aliphatic carbocycles. The van der Waals surface area contributed by atoms with Gasteiger partial charge in [-0.1, -0.05) is 18.2 Å². The number of aryl methyl sites for hydroxylation is 3. The van der Waals surface area contributed by atoms with Gasteiger partial charge in [0.05, 0.1) is 4.90 Å². The van der Waals surface area contributed by atoms with Crippen molar-refractivity contribution in [1.82, 2.24) is 14.3 Å². The van der Waals surface area contributed by atoms with Crippen LogP contribution in [-0.4, -0.2) is 18.0 Å². The Kier molecular flexibility index (Phi) is 4.93. The third kappa shape index (κ3) is 3.68. The molecule has 0 fully saturated rings. The van der Waals surface area contributed by atoms with E-state index >= 15 is 0 Å². The molecule has 3 rings (SSSR count). The Morgan fingerprint density at radius 1 is 1.08 bits per heavy atom. The molecule has 26 heavy (non-hydrogen) atoms. The summed E-state index contributed by atoms with van der Waals surface area (Å²) in [6.07, 6.45) is 3.33. The second-order valence-electron chi connectivity index (χ2n) is 6.25. The Bertz CT molecular complexity index is 1030. The van der Waals surface area contributed by atoms with Crippen molar-refractivity contribution in [3.63, 3.8) is 0 Å². The van der Waals surface area contributed by atoms with Crippen LogP contribution in [0.2, 0.25) is 0 Å². The van der Waals surface area contributed by atoms with E-state index in [9.17, 15) is 12.8 Å². The van der Waals surface area contributed by atoms with Crippen LogP contribution in [0.3, 0.4) is 0 Å². The van der Waals surface area contributed by atoms with E-state index in [1.54, 1.807) is 54.3 Å². The number of rotatable bonds is 5. The Balaban J connectivity index is 2.03. The summed E-state index contributed by atoms with van der Waals surface area (Å²) in [5, 5.41) is 0. The van der Waals surface area contributed by atoms with E-state index in [0.717, 1.165) is 11.1 Å². The lowest BCUT2D eigenvalue weighted by Crippen LogP contribution is -2.31. The fourth-order valence-corrected chi connectivity index (χ4v) is 3.95. The van der Waals surface area contributed by atoms with Crippen molar-refractivity contribution < 1.29 is 12.8 Å². The number of sulfonamides is 1. The molecule has 5 nitrogen and oxygen atoms in total. The van der Waals surface area contributed by atoms with E-state index in [1.165, 1.54) is 12.1 Å². The van der Waals surface area contributed by atoms with Crippen LogP contribution in [0.5, 0.6) is 0 Å². The molecule has 0 amide bonds. The van der Waals surface area contributed by atoms with Crippen LogP contribution in [0.25, 0.3) is 0 Å². The Morgan fingerprint density at radius 3 is 2.35 bits per heavy atom. The molecular formula is C19H20FN3O2S. The Labute approximate surface area is 152 Å². The average Bonchev–Trinajstić information content (AvgIpc) is 3.02. The summed E-state index contributed by atoms with van der Waals surface area (Å²) in [6.45, 7) is 3.79. The molecule has 0 radical (unpaired) electrons. The number of halogens is 1. The maximum atomic E-state index is 13.3. The van der Waals surface area contributed by atoms with E-state index in [4.69, 9.17) is 0 Å². The first kappa shape index (κ1) is 18.3. The molecule has 0 unspecified atom stereocenters. The van der Waals surface area contributed by atoms with Gasteiger partial charge in [0.1, 0.15) is 17.7 Å². The van der Waals surface area contributed by atoms with Crippen LogP contribution in [0.4, 0.5) is 4.39 Å². The van der Waals surface area contributed by atoms with Gasteiger partial charge in [-0.05, 0) is 54.8 Å². The van der Waals surface area contributed by atoms with Crippen molar-refractivity contribution in [2.75, 3.05) is 0 Å². The van der Waals surface area contributed by atoms with Crippen LogP contribution in [0, 0.1) is 19.7 Å². The van der Waals surface area contributed by atoms with Gasteiger partial charge in [0.2, 0.25) is 10.0 Å². The first-order chi connectivity index (χ1) is 12.3. The topological polar surface area (TPSA) is 64.0 Å². The molecule has 0 saturated carbocycles. The maximum Gasteiger partial charge on any atom is 0.241 e. The van der Waals surface area contributed by atoms with Crippen molar-refractivity contribution in [3.05, 3.63) is 83.2 Å². The molecule has 0 saturated heterocycles. The highest BCUT2D eigenvalue weighted by molar-refractivity contribution is 7.89. The molecule has 1 N–H and O–H groups in total. The zero-order chi connectivity index (χ0) is 18.9. The third-order valence-corrected chi connectivity index (χ3v) is 5.80. The van der Waals surface area contributed by atoms with Gasteiger partial charge in [-0.15, -0.1) is 0 Å². The van der Waals surface area contributed by atoms with Crippen LogP contribution < -0.4 is 4.72 Å². The average molecular weight is 373 g/mol. The van der Waals surface area contributed by atoms with Gasteiger partial charge >= 0.3 is 0 Å². The highest BCUT2D eigenvalue weighted by Crippen LogP contribution is 2.24. The quantitative estimate of drug-likeness (QED) is 0.747. The summed E-state index contributed by atoms with van der Waals surface area (Å²) in [4.78, 5) is 4.45. The predicted molar refractivity (Wildman–Crippen MR) is 97.7 cm³/mol. The van der Waals surface area contributed by atoms with Gasteiger partial charge in [-0.3, -0.25) is 0 Å². The smallest absolute Gasteiger partial charge is 0.241 e. The summed E-state index contributed by atoms with van der Waals surface area (Å²) in [7, 11) is -2.02. The first-order valence-corrected chi connectivity index (χ1v) is 9.58. The molecule has 0 aliphatic heterocycles. The number of benzene rings is 2. The summed E-state index contributed by atoms with van der Waals surface area (Å²) < 4.78 is 43.6. The fourth-order valence-electron chi connectivity index (χ4n) is 2.68. The second kappa shape index (κ2) is 7.01. The van der Waals surface area contributed by atoms with E-state index in [-0.39, 0.29) is 10.7 Å². The molecular weight excluding hydrogens is 353 g/mol. The van der Waals surface area contributed by atoms with Gasteiger partial charge < -0.3 is 4.57 Å². The second-order valence-corrected chi connectivity index (χ2v) is 7.96. The largest absolute Gasteiger partial charge is 0.336 e. The van der Waals surface area contributed by atoms with Gasteiger partial charge in [0.15, 0.2) is 0 Å². The molecule has 1 aromatic heterocycles. The molecule has 136 valence electrons. The van der Waals surface area contributed by atoms with Crippen molar-refractivity contribution in [1.29, 1.82) is 0 Å². The van der Waals surface area contributed by atoms with Crippen LogP contribution in [0.1, 0.15) is 28.6 Å². The molecule has 0 spiro atoms. The number of nitrogens with one attached hydrogen (secondary N) is 1. The number of hydrogen-bond donors (Lipinski definition) is 1. The van der Waals surface area contributed by atoms with E-state index in [0.29, 0.717) is 11.4 Å². The standard InChI is InChI=1S/C19H20FN3O2S/c1-13-4-9-17(12-14(13)2)26(24,25)22-18(19-21-10-11-23(19)3)15-5-7-16(20)8-6-15/h4-12,18,22H,1-3H3/t18-/m1/s1. The van der Waals surface area contributed by atoms with Crippen molar-refractivity contribution in [3.8, 4) is 0 Å². The molecule has 1 heterocycles. The summed E-state index contributed by atoms with van der Waals surface area (Å²) in [5.74, 6) is 0.133. The number of nitrogens with zero attached hydrogens (tertiary/aromatic N) is 2. The minimum atomic E-state index is -3.80. The molecule has 0 aliphatic rings. The van der Waals surface area contributed by atoms with Crippen LogP contribution >= 0.6 is 0 Å². The minimum Gasteiger partial charge on any atom is -0.336 e. The zero-order valence-corrected chi connectivity index (χ0v) is 15.6. The molecule has 1 atom stereocenters. The molecule has 7 heteroatoms. The zero-order valence-electron chi connectivity index (χ0n) is 14.8. The summed E-state index contributed by atoms with van der Waals surface area (Å²) in [5.41, 5.74) is 2.51. The number of imidazole rings is 1. The van der Waals surface area contributed by atoms with Crippen LogP contribution in [0.15, 0.2) is 59.8 Å². The summed E-state index contributed by atoms with van der Waals surface area (Å²) in [6, 6.07) is 9.96. The lowest BCUT2D eigenvalue weighted by atomic mass is 10.1. The normalized spacial score (nSPS) is 12.9. The first-order valence-electron chi connectivity index (χ1n) is 8.10. The monoisotopic (exact) mass is 373 g/mol. The van der Waals surface area contributed by atoms with Gasteiger partial charge in [0, 0.05) is 19.4 Å². The van der Waals surface area contributed by atoms with Crippen LogP contribution in [-0.2, 0) is 17.1 Å². The highest BCUT2D eigenvalue weighted by atomic mass is 32.2. The lowest BCUT2D eigenvalue weighted by Gasteiger charge is -2.19. The number of hydrogen-bond acceptors (Lipinski definition) is 3. The van der Waals surface area contributed by atoms with Gasteiger partial charge in [0.25, 0.3) is 0 Å². The third-order valence-electron chi connectivity index (χ3n) is 4.38.